The summed E-state index contributed by atoms with van der Waals surface area (Å²) in [6.07, 6.45) is -4.81. The third-order valence-electron chi connectivity index (χ3n) is 2.56. The van der Waals surface area contributed by atoms with E-state index < -0.39 is 29.6 Å². The molecule has 7 heteroatoms. The standard InChI is InChI=1S/C13H15F4NO2/c1-3-18-11(12(19)20-4-2)8-5-6-10(14)9(7-8)13(15,16)17/h5-7,11,18H,3-4H2,1-2H3. The van der Waals surface area contributed by atoms with Crippen LogP contribution >= 0.6 is 0 Å². The molecule has 0 bridgehead atoms. The summed E-state index contributed by atoms with van der Waals surface area (Å²) < 4.78 is 55.9. The second kappa shape index (κ2) is 6.69. The lowest BCUT2D eigenvalue weighted by atomic mass is 10.0. The summed E-state index contributed by atoms with van der Waals surface area (Å²) in [5.74, 6) is -2.07. The molecule has 0 heterocycles. The van der Waals surface area contributed by atoms with Crippen LogP contribution in [0.2, 0.25) is 0 Å². The molecule has 20 heavy (non-hydrogen) atoms. The fourth-order valence-corrected chi connectivity index (χ4v) is 1.71. The van der Waals surface area contributed by atoms with E-state index in [0.29, 0.717) is 18.7 Å². The summed E-state index contributed by atoms with van der Waals surface area (Å²) in [7, 11) is 0. The molecule has 1 aromatic rings. The molecule has 0 amide bonds. The maximum Gasteiger partial charge on any atom is 0.419 e. The zero-order chi connectivity index (χ0) is 15.3. The Kier molecular flexibility index (Phi) is 5.50. The molecule has 1 unspecified atom stereocenters. The number of likely N-dealkylation sites (N-methyl/N-ethyl adjacent to an activating group) is 1. The van der Waals surface area contributed by atoms with Crippen molar-refractivity contribution in [2.75, 3.05) is 13.2 Å². The van der Waals surface area contributed by atoms with E-state index in [1.807, 2.05) is 0 Å². The van der Waals surface area contributed by atoms with Crippen molar-refractivity contribution in [2.45, 2.75) is 26.1 Å². The average molecular weight is 293 g/mol. The van der Waals surface area contributed by atoms with Crippen molar-refractivity contribution < 1.29 is 27.1 Å². The minimum absolute atomic E-state index is 0.0130. The average Bonchev–Trinajstić information content (AvgIpc) is 2.35. The Morgan fingerprint density at radius 2 is 2.00 bits per heavy atom. The van der Waals surface area contributed by atoms with Crippen molar-refractivity contribution in [3.05, 3.63) is 35.1 Å². The van der Waals surface area contributed by atoms with Gasteiger partial charge in [-0.05, 0) is 31.2 Å². The van der Waals surface area contributed by atoms with Gasteiger partial charge in [0.2, 0.25) is 0 Å². The van der Waals surface area contributed by atoms with E-state index in [0.717, 1.165) is 6.07 Å². The van der Waals surface area contributed by atoms with Crippen LogP contribution in [-0.4, -0.2) is 19.1 Å². The molecule has 0 aromatic heterocycles. The van der Waals surface area contributed by atoms with Crippen LogP contribution in [0.1, 0.15) is 31.0 Å². The number of esters is 1. The van der Waals surface area contributed by atoms with Gasteiger partial charge < -0.3 is 10.1 Å². The number of nitrogens with one attached hydrogen (secondary N) is 1. The maximum atomic E-state index is 13.2. The second-order valence-corrected chi connectivity index (χ2v) is 3.98. The van der Waals surface area contributed by atoms with Gasteiger partial charge in [-0.25, -0.2) is 9.18 Å². The van der Waals surface area contributed by atoms with Crippen LogP contribution in [-0.2, 0) is 15.7 Å². The minimum Gasteiger partial charge on any atom is -0.465 e. The molecule has 0 fully saturated rings. The lowest BCUT2D eigenvalue weighted by Crippen LogP contribution is -2.30. The number of ether oxygens (including phenoxy) is 1. The van der Waals surface area contributed by atoms with Crippen molar-refractivity contribution in [3.63, 3.8) is 0 Å². The highest BCUT2D eigenvalue weighted by atomic mass is 19.4. The Bertz CT molecular complexity index is 474. The van der Waals surface area contributed by atoms with Crippen LogP contribution in [0.3, 0.4) is 0 Å². The van der Waals surface area contributed by atoms with E-state index in [9.17, 15) is 22.4 Å². The molecule has 0 aliphatic heterocycles. The maximum absolute atomic E-state index is 13.2. The molecule has 0 aliphatic rings. The molecule has 1 rings (SSSR count). The van der Waals surface area contributed by atoms with Gasteiger partial charge in [-0.2, -0.15) is 13.2 Å². The predicted molar refractivity (Wildman–Crippen MR) is 64.5 cm³/mol. The number of carbonyl (C=O) groups excluding carboxylic acids is 1. The molecule has 1 N–H and O–H groups in total. The third-order valence-corrected chi connectivity index (χ3v) is 2.56. The molecular formula is C13H15F4NO2. The highest BCUT2D eigenvalue weighted by Crippen LogP contribution is 2.33. The summed E-state index contributed by atoms with van der Waals surface area (Å²) in [4.78, 5) is 11.7. The van der Waals surface area contributed by atoms with E-state index in [1.165, 1.54) is 0 Å². The molecule has 0 saturated carbocycles. The van der Waals surface area contributed by atoms with Gasteiger partial charge in [0.25, 0.3) is 0 Å². The summed E-state index contributed by atoms with van der Waals surface area (Å²) in [5, 5.41) is 2.72. The molecule has 0 saturated heterocycles. The van der Waals surface area contributed by atoms with Crippen molar-refractivity contribution >= 4 is 5.97 Å². The lowest BCUT2D eigenvalue weighted by molar-refractivity contribution is -0.146. The molecule has 0 radical (unpaired) electrons. The first-order valence-corrected chi connectivity index (χ1v) is 6.07. The summed E-state index contributed by atoms with van der Waals surface area (Å²) in [5.41, 5.74) is -1.39. The molecule has 0 aliphatic carbocycles. The third kappa shape index (κ3) is 3.93. The molecular weight excluding hydrogens is 278 g/mol. The first-order valence-electron chi connectivity index (χ1n) is 6.07. The normalized spacial score (nSPS) is 13.1. The van der Waals surface area contributed by atoms with E-state index in [-0.39, 0.29) is 12.2 Å². The van der Waals surface area contributed by atoms with E-state index in [4.69, 9.17) is 4.74 Å². The molecule has 0 spiro atoms. The first kappa shape index (κ1) is 16.4. The minimum atomic E-state index is -4.81. The fraction of sp³-hybridized carbons (Fsp3) is 0.462. The fourth-order valence-electron chi connectivity index (χ4n) is 1.71. The second-order valence-electron chi connectivity index (χ2n) is 3.98. The van der Waals surface area contributed by atoms with Gasteiger partial charge in [-0.1, -0.05) is 13.0 Å². The quantitative estimate of drug-likeness (QED) is 0.670. The van der Waals surface area contributed by atoms with Gasteiger partial charge in [-0.15, -0.1) is 0 Å². The van der Waals surface area contributed by atoms with Gasteiger partial charge in [0.1, 0.15) is 11.9 Å². The zero-order valence-electron chi connectivity index (χ0n) is 11.1. The van der Waals surface area contributed by atoms with Crippen molar-refractivity contribution in [1.82, 2.24) is 5.32 Å². The number of hydrogen-bond donors (Lipinski definition) is 1. The summed E-state index contributed by atoms with van der Waals surface area (Å²) >= 11 is 0. The largest absolute Gasteiger partial charge is 0.465 e. The van der Waals surface area contributed by atoms with Crippen molar-refractivity contribution in [3.8, 4) is 0 Å². The molecule has 1 aromatic carbocycles. The van der Waals surface area contributed by atoms with Gasteiger partial charge in [0.05, 0.1) is 12.2 Å². The van der Waals surface area contributed by atoms with Crippen LogP contribution in [0.5, 0.6) is 0 Å². The summed E-state index contributed by atoms with van der Waals surface area (Å²) in [6, 6.07) is 1.40. The van der Waals surface area contributed by atoms with E-state index in [1.54, 1.807) is 13.8 Å². The van der Waals surface area contributed by atoms with E-state index >= 15 is 0 Å². The van der Waals surface area contributed by atoms with Gasteiger partial charge in [0.15, 0.2) is 0 Å². The molecule has 1 atom stereocenters. The predicted octanol–water partition coefficient (Wildman–Crippen LogP) is 3.06. The van der Waals surface area contributed by atoms with Crippen LogP contribution < -0.4 is 5.32 Å². The van der Waals surface area contributed by atoms with E-state index in [2.05, 4.69) is 5.32 Å². The number of halogens is 4. The highest BCUT2D eigenvalue weighted by molar-refractivity contribution is 5.77. The number of benzene rings is 1. The highest BCUT2D eigenvalue weighted by Gasteiger charge is 2.35. The van der Waals surface area contributed by atoms with Gasteiger partial charge in [-0.3, -0.25) is 0 Å². The topological polar surface area (TPSA) is 38.3 Å². The van der Waals surface area contributed by atoms with Crippen LogP contribution in [0.25, 0.3) is 0 Å². The number of carbonyl (C=O) groups is 1. The van der Waals surface area contributed by atoms with Gasteiger partial charge in [0, 0.05) is 0 Å². The van der Waals surface area contributed by atoms with Crippen molar-refractivity contribution in [2.24, 2.45) is 0 Å². The number of rotatable bonds is 5. The Labute approximate surface area is 113 Å². The Hall–Kier alpha value is -1.63. The van der Waals surface area contributed by atoms with Crippen molar-refractivity contribution in [1.29, 1.82) is 0 Å². The molecule has 3 nitrogen and oxygen atoms in total. The van der Waals surface area contributed by atoms with Crippen LogP contribution in [0.15, 0.2) is 18.2 Å². The Balaban J connectivity index is 3.18. The monoisotopic (exact) mass is 293 g/mol. The molecule has 112 valence electrons. The van der Waals surface area contributed by atoms with Crippen LogP contribution in [0, 0.1) is 5.82 Å². The number of hydrogen-bond acceptors (Lipinski definition) is 3. The lowest BCUT2D eigenvalue weighted by Gasteiger charge is -2.18. The summed E-state index contributed by atoms with van der Waals surface area (Å²) in [6.45, 7) is 3.74. The Morgan fingerprint density at radius 3 is 2.50 bits per heavy atom. The van der Waals surface area contributed by atoms with Crippen LogP contribution in [0.4, 0.5) is 17.6 Å². The SMILES string of the molecule is CCNC(C(=O)OCC)c1ccc(F)c(C(F)(F)F)c1. The Morgan fingerprint density at radius 1 is 1.35 bits per heavy atom. The zero-order valence-corrected chi connectivity index (χ0v) is 11.1. The first-order chi connectivity index (χ1) is 9.31. The van der Waals surface area contributed by atoms with Gasteiger partial charge >= 0.3 is 12.1 Å². The number of alkyl halides is 3. The smallest absolute Gasteiger partial charge is 0.419 e.